The van der Waals surface area contributed by atoms with Gasteiger partial charge in [0.25, 0.3) is 0 Å². The summed E-state index contributed by atoms with van der Waals surface area (Å²) in [4.78, 5) is 28.9. The van der Waals surface area contributed by atoms with Crippen LogP contribution in [0.25, 0.3) is 10.9 Å². The van der Waals surface area contributed by atoms with Crippen LogP contribution in [0.4, 0.5) is 5.69 Å². The van der Waals surface area contributed by atoms with Crippen molar-refractivity contribution in [2.75, 3.05) is 6.54 Å². The van der Waals surface area contributed by atoms with Crippen LogP contribution in [0, 0.1) is 24.0 Å². The summed E-state index contributed by atoms with van der Waals surface area (Å²) in [6.45, 7) is 5.85. The number of carbonyl (C=O) groups is 1. The van der Waals surface area contributed by atoms with Crippen LogP contribution in [0.5, 0.6) is 0 Å². The van der Waals surface area contributed by atoms with Crippen molar-refractivity contribution in [1.82, 2.24) is 19.7 Å². The van der Waals surface area contributed by atoms with Gasteiger partial charge >= 0.3 is 5.69 Å². The first-order valence-corrected chi connectivity index (χ1v) is 8.95. The van der Waals surface area contributed by atoms with Crippen LogP contribution >= 0.6 is 0 Å². The van der Waals surface area contributed by atoms with Gasteiger partial charge in [-0.05, 0) is 38.8 Å². The number of carbonyl (C=O) groups excluding carboxylic acids is 1. The van der Waals surface area contributed by atoms with Gasteiger partial charge in [0.1, 0.15) is 17.9 Å². The van der Waals surface area contributed by atoms with E-state index < -0.39 is 4.92 Å². The number of benzene rings is 1. The summed E-state index contributed by atoms with van der Waals surface area (Å²) in [5.74, 6) is -0.0905. The molecule has 1 aliphatic heterocycles. The number of aryl methyl sites for hydroxylation is 1. The van der Waals surface area contributed by atoms with Gasteiger partial charge in [-0.15, -0.1) is 0 Å². The van der Waals surface area contributed by atoms with Gasteiger partial charge in [-0.2, -0.15) is 5.10 Å². The summed E-state index contributed by atoms with van der Waals surface area (Å²) < 4.78 is 1.43. The van der Waals surface area contributed by atoms with Crippen LogP contribution in [-0.4, -0.2) is 37.0 Å². The van der Waals surface area contributed by atoms with Crippen molar-refractivity contribution in [1.29, 1.82) is 0 Å². The smallest absolute Gasteiger partial charge is 0.312 e. The molecule has 0 fully saturated rings. The minimum atomic E-state index is -0.446. The summed E-state index contributed by atoms with van der Waals surface area (Å²) in [7, 11) is 0. The van der Waals surface area contributed by atoms with Gasteiger partial charge in [0, 0.05) is 23.1 Å². The number of hydrogen-bond donors (Lipinski definition) is 1. The molecule has 3 aromatic rings. The molecule has 1 N–H and O–H groups in total. The van der Waals surface area contributed by atoms with E-state index in [1.165, 1.54) is 15.6 Å². The fraction of sp³-hybridized carbons (Fsp3) is 0.368. The summed E-state index contributed by atoms with van der Waals surface area (Å²) in [6, 6.07) is 8.08. The zero-order valence-electron chi connectivity index (χ0n) is 15.5. The van der Waals surface area contributed by atoms with Gasteiger partial charge < -0.3 is 9.88 Å². The molecule has 0 spiro atoms. The maximum atomic E-state index is 12.9. The van der Waals surface area contributed by atoms with E-state index in [0.717, 1.165) is 17.6 Å². The quantitative estimate of drug-likeness (QED) is 0.568. The lowest BCUT2D eigenvalue weighted by Gasteiger charge is -2.33. The van der Waals surface area contributed by atoms with E-state index in [1.54, 1.807) is 13.8 Å². The number of amides is 1. The topological polar surface area (TPSA) is 97.1 Å². The number of nitrogens with zero attached hydrogens (tertiary/aromatic N) is 4. The minimum Gasteiger partial charge on any atom is -0.356 e. The van der Waals surface area contributed by atoms with E-state index in [-0.39, 0.29) is 24.2 Å². The van der Waals surface area contributed by atoms with E-state index in [4.69, 9.17) is 0 Å². The second-order valence-corrected chi connectivity index (χ2v) is 7.01. The molecule has 0 radical (unpaired) electrons. The Kier molecular flexibility index (Phi) is 3.98. The largest absolute Gasteiger partial charge is 0.356 e. The van der Waals surface area contributed by atoms with Crippen molar-refractivity contribution in [2.45, 2.75) is 39.8 Å². The third-order valence-electron chi connectivity index (χ3n) is 5.47. The number of hydrogen-bond acceptors (Lipinski definition) is 4. The normalized spacial score (nSPS) is 16.6. The van der Waals surface area contributed by atoms with Gasteiger partial charge in [0.15, 0.2) is 0 Å². The highest BCUT2D eigenvalue weighted by Crippen LogP contribution is 2.34. The first-order valence-electron chi connectivity index (χ1n) is 8.95. The molecule has 8 heteroatoms. The molecule has 8 nitrogen and oxygen atoms in total. The molecule has 0 aliphatic carbocycles. The molecule has 1 amide bonds. The number of rotatable bonds is 3. The van der Waals surface area contributed by atoms with Crippen LogP contribution in [-0.2, 0) is 17.8 Å². The molecule has 4 rings (SSSR count). The highest BCUT2D eigenvalue weighted by Gasteiger charge is 2.31. The number of aromatic amines is 1. The van der Waals surface area contributed by atoms with Crippen molar-refractivity contribution in [3.05, 3.63) is 57.0 Å². The predicted octanol–water partition coefficient (Wildman–Crippen LogP) is 3.04. The monoisotopic (exact) mass is 367 g/mol. The molecule has 0 saturated heterocycles. The van der Waals surface area contributed by atoms with E-state index >= 15 is 0 Å². The van der Waals surface area contributed by atoms with Crippen molar-refractivity contribution in [3.8, 4) is 0 Å². The van der Waals surface area contributed by atoms with Gasteiger partial charge in [0.2, 0.25) is 5.91 Å². The van der Waals surface area contributed by atoms with Gasteiger partial charge in [0.05, 0.1) is 11.0 Å². The molecule has 1 unspecified atom stereocenters. The second kappa shape index (κ2) is 6.22. The number of aromatic nitrogens is 3. The highest BCUT2D eigenvalue weighted by atomic mass is 16.6. The van der Waals surface area contributed by atoms with Gasteiger partial charge in [-0.25, -0.2) is 0 Å². The average Bonchev–Trinajstić information content (AvgIpc) is 3.13. The first kappa shape index (κ1) is 17.3. The summed E-state index contributed by atoms with van der Waals surface area (Å²) in [5, 5.41) is 16.6. The summed E-state index contributed by atoms with van der Waals surface area (Å²) in [6.07, 6.45) is 0.784. The molecule has 3 heterocycles. The predicted molar refractivity (Wildman–Crippen MR) is 100 cm³/mol. The minimum absolute atomic E-state index is 0.000412. The Hall–Kier alpha value is -3.16. The third kappa shape index (κ3) is 2.68. The molecule has 1 atom stereocenters. The summed E-state index contributed by atoms with van der Waals surface area (Å²) in [5.41, 5.74) is 4.13. The Morgan fingerprint density at radius 3 is 2.81 bits per heavy atom. The number of nitrogens with one attached hydrogen (secondary N) is 1. The Morgan fingerprint density at radius 2 is 2.11 bits per heavy atom. The maximum absolute atomic E-state index is 12.9. The summed E-state index contributed by atoms with van der Waals surface area (Å²) >= 11 is 0. The van der Waals surface area contributed by atoms with Crippen molar-refractivity contribution >= 4 is 22.5 Å². The molecule has 1 aromatic carbocycles. The lowest BCUT2D eigenvalue weighted by Crippen LogP contribution is -2.40. The molecule has 0 bridgehead atoms. The molecule has 0 saturated carbocycles. The third-order valence-corrected chi connectivity index (χ3v) is 5.47. The van der Waals surface area contributed by atoms with Crippen molar-refractivity contribution in [2.24, 2.45) is 0 Å². The van der Waals surface area contributed by atoms with Crippen LogP contribution in [0.15, 0.2) is 24.3 Å². The number of nitro groups is 1. The molecule has 140 valence electrons. The fourth-order valence-electron chi connectivity index (χ4n) is 4.09. The first-order chi connectivity index (χ1) is 12.9. The molecule has 1 aliphatic rings. The van der Waals surface area contributed by atoms with Gasteiger partial charge in [-0.3, -0.25) is 19.6 Å². The van der Waals surface area contributed by atoms with Crippen LogP contribution < -0.4 is 0 Å². The lowest BCUT2D eigenvalue weighted by atomic mass is 9.98. The Morgan fingerprint density at radius 1 is 1.37 bits per heavy atom. The highest BCUT2D eigenvalue weighted by molar-refractivity contribution is 5.86. The number of para-hydroxylation sites is 1. The SMILES string of the molecule is Cc1nn(CC(=O)N2CCc3c([nH]c4ccccc34)C2C)c(C)c1[N+](=O)[O-]. The molecule has 2 aromatic heterocycles. The van der Waals surface area contributed by atoms with Crippen molar-refractivity contribution < 1.29 is 9.72 Å². The lowest BCUT2D eigenvalue weighted by molar-refractivity contribution is -0.386. The van der Waals surface area contributed by atoms with E-state index in [2.05, 4.69) is 16.1 Å². The molecular weight excluding hydrogens is 346 g/mol. The second-order valence-electron chi connectivity index (χ2n) is 7.01. The van der Waals surface area contributed by atoms with E-state index in [0.29, 0.717) is 17.9 Å². The zero-order valence-corrected chi connectivity index (χ0v) is 15.5. The standard InChI is InChI=1S/C19H21N5O3/c1-11-19(24(26)27)13(3)23(21-11)10-17(25)22-9-8-15-14-6-4-5-7-16(14)20-18(15)12(22)2/h4-7,12,20H,8-10H2,1-3H3. The number of H-pyrrole nitrogens is 1. The average molecular weight is 367 g/mol. The van der Waals surface area contributed by atoms with Crippen molar-refractivity contribution in [3.63, 3.8) is 0 Å². The van der Waals surface area contributed by atoms with E-state index in [1.807, 2.05) is 30.0 Å². The Labute approximate surface area is 155 Å². The molecular formula is C19H21N5O3. The number of fused-ring (bicyclic) bond motifs is 3. The van der Waals surface area contributed by atoms with Crippen LogP contribution in [0.2, 0.25) is 0 Å². The maximum Gasteiger partial charge on any atom is 0.312 e. The van der Waals surface area contributed by atoms with Crippen LogP contribution in [0.3, 0.4) is 0 Å². The zero-order chi connectivity index (χ0) is 19.3. The molecule has 27 heavy (non-hydrogen) atoms. The van der Waals surface area contributed by atoms with Crippen LogP contribution in [0.1, 0.15) is 35.6 Å². The van der Waals surface area contributed by atoms with E-state index in [9.17, 15) is 14.9 Å². The Bertz CT molecular complexity index is 1060. The van der Waals surface area contributed by atoms with Gasteiger partial charge in [-0.1, -0.05) is 18.2 Å². The fourth-order valence-corrected chi connectivity index (χ4v) is 4.09. The Balaban J connectivity index is 1.60.